The molecule has 0 bridgehead atoms. The van der Waals surface area contributed by atoms with E-state index in [4.69, 9.17) is 9.47 Å². The van der Waals surface area contributed by atoms with Gasteiger partial charge in [-0.3, -0.25) is 9.69 Å². The van der Waals surface area contributed by atoms with Crippen LogP contribution >= 0.6 is 0 Å². The van der Waals surface area contributed by atoms with Crippen molar-refractivity contribution in [3.63, 3.8) is 0 Å². The number of ether oxygens (including phenoxy) is 2. The zero-order valence-corrected chi connectivity index (χ0v) is 21.0. The standard InChI is InChI=1S/C25H33N3O5S/c1-19(2)26(3)16-24(29)27-14-13-25(17-27)18-28(15-20-9-11-21(32-4)12-10-20)34(30,31)23-8-6-5-7-22(23)33-25/h5-12,19H,13-18H2,1-4H3/t25-/m1/s1. The fraction of sp³-hybridized carbons (Fsp3) is 0.480. The maximum absolute atomic E-state index is 13.7. The molecule has 34 heavy (non-hydrogen) atoms. The zero-order valence-electron chi connectivity index (χ0n) is 20.2. The first-order valence-electron chi connectivity index (χ1n) is 11.5. The van der Waals surface area contributed by atoms with E-state index in [0.29, 0.717) is 37.6 Å². The Morgan fingerprint density at radius 1 is 1.15 bits per heavy atom. The number of amides is 1. The van der Waals surface area contributed by atoms with Crippen molar-refractivity contribution in [3.8, 4) is 11.5 Å². The molecule has 2 aliphatic heterocycles. The summed E-state index contributed by atoms with van der Waals surface area (Å²) in [4.78, 5) is 16.9. The maximum Gasteiger partial charge on any atom is 0.247 e. The number of likely N-dealkylation sites (N-methyl/N-ethyl adjacent to an activating group) is 1. The normalized spacial score (nSPS) is 22.0. The number of hydrogen-bond donors (Lipinski definition) is 0. The van der Waals surface area contributed by atoms with Gasteiger partial charge in [-0.05, 0) is 50.7 Å². The predicted molar refractivity (Wildman–Crippen MR) is 129 cm³/mol. The molecule has 9 heteroatoms. The zero-order chi connectivity index (χ0) is 24.5. The maximum atomic E-state index is 13.7. The number of nitrogens with zero attached hydrogens (tertiary/aromatic N) is 3. The van der Waals surface area contributed by atoms with Crippen molar-refractivity contribution in [1.82, 2.24) is 14.1 Å². The number of likely N-dealkylation sites (tertiary alicyclic amines) is 1. The van der Waals surface area contributed by atoms with Crippen LogP contribution in [0.1, 0.15) is 25.8 Å². The van der Waals surface area contributed by atoms with Gasteiger partial charge in [0.05, 0.1) is 26.7 Å². The van der Waals surface area contributed by atoms with E-state index >= 15 is 0 Å². The van der Waals surface area contributed by atoms with Gasteiger partial charge in [-0.1, -0.05) is 24.3 Å². The first-order valence-corrected chi connectivity index (χ1v) is 13.0. The molecular weight excluding hydrogens is 454 g/mol. The molecule has 0 radical (unpaired) electrons. The Kier molecular flexibility index (Phi) is 6.89. The molecule has 1 saturated heterocycles. The molecule has 2 aromatic carbocycles. The predicted octanol–water partition coefficient (Wildman–Crippen LogP) is 2.59. The number of carbonyl (C=O) groups is 1. The molecule has 184 valence electrons. The summed E-state index contributed by atoms with van der Waals surface area (Å²) < 4.78 is 40.5. The van der Waals surface area contributed by atoms with Crippen molar-refractivity contribution in [1.29, 1.82) is 0 Å². The summed E-state index contributed by atoms with van der Waals surface area (Å²) in [6.07, 6.45) is 0.563. The van der Waals surface area contributed by atoms with Crippen LogP contribution < -0.4 is 9.47 Å². The minimum atomic E-state index is -3.80. The summed E-state index contributed by atoms with van der Waals surface area (Å²) in [6.45, 7) is 5.66. The first kappa shape index (κ1) is 24.5. The average Bonchev–Trinajstić information content (AvgIpc) is 3.19. The summed E-state index contributed by atoms with van der Waals surface area (Å²) in [5.74, 6) is 1.08. The number of para-hydroxylation sites is 1. The largest absolute Gasteiger partial charge is 0.497 e. The fourth-order valence-corrected chi connectivity index (χ4v) is 6.02. The molecule has 4 rings (SSSR count). The second-order valence-electron chi connectivity index (χ2n) is 9.43. The third-order valence-electron chi connectivity index (χ3n) is 6.71. The topological polar surface area (TPSA) is 79.4 Å². The Hall–Kier alpha value is -2.62. The molecule has 2 aliphatic rings. The highest BCUT2D eigenvalue weighted by atomic mass is 32.2. The summed E-state index contributed by atoms with van der Waals surface area (Å²) >= 11 is 0. The molecular formula is C25H33N3O5S. The van der Waals surface area contributed by atoms with Crippen LogP contribution in [0.15, 0.2) is 53.4 Å². The van der Waals surface area contributed by atoms with Crippen LogP contribution in [0, 0.1) is 0 Å². The first-order chi connectivity index (χ1) is 16.1. The Morgan fingerprint density at radius 2 is 1.85 bits per heavy atom. The van der Waals surface area contributed by atoms with Gasteiger partial charge in [-0.2, -0.15) is 4.31 Å². The lowest BCUT2D eigenvalue weighted by molar-refractivity contribution is -0.132. The van der Waals surface area contributed by atoms with Crippen molar-refractivity contribution in [2.45, 2.75) is 43.4 Å². The third kappa shape index (κ3) is 4.92. The summed E-state index contributed by atoms with van der Waals surface area (Å²) in [7, 11) is -0.277. The second-order valence-corrected chi connectivity index (χ2v) is 11.3. The lowest BCUT2D eigenvalue weighted by Gasteiger charge is -2.32. The van der Waals surface area contributed by atoms with Crippen LogP contribution in [0.25, 0.3) is 0 Å². The number of benzene rings is 2. The minimum absolute atomic E-state index is 0.0266. The van der Waals surface area contributed by atoms with Gasteiger partial charge < -0.3 is 14.4 Å². The van der Waals surface area contributed by atoms with E-state index in [-0.39, 0.29) is 29.9 Å². The van der Waals surface area contributed by atoms with Crippen LogP contribution in [0.3, 0.4) is 0 Å². The van der Waals surface area contributed by atoms with E-state index in [0.717, 1.165) is 5.56 Å². The van der Waals surface area contributed by atoms with Crippen molar-refractivity contribution < 1.29 is 22.7 Å². The second kappa shape index (κ2) is 9.56. The quantitative estimate of drug-likeness (QED) is 0.623. The number of rotatable bonds is 6. The van der Waals surface area contributed by atoms with Crippen molar-refractivity contribution >= 4 is 15.9 Å². The van der Waals surface area contributed by atoms with Gasteiger partial charge in [-0.25, -0.2) is 8.42 Å². The van der Waals surface area contributed by atoms with Gasteiger partial charge >= 0.3 is 0 Å². The molecule has 2 aromatic rings. The van der Waals surface area contributed by atoms with Crippen molar-refractivity contribution in [2.24, 2.45) is 0 Å². The van der Waals surface area contributed by atoms with Crippen molar-refractivity contribution in [3.05, 3.63) is 54.1 Å². The molecule has 0 aromatic heterocycles. The van der Waals surface area contributed by atoms with Gasteiger partial charge in [0.1, 0.15) is 22.0 Å². The highest BCUT2D eigenvalue weighted by Crippen LogP contribution is 2.39. The number of hydrogen-bond acceptors (Lipinski definition) is 6. The van der Waals surface area contributed by atoms with E-state index in [1.807, 2.05) is 50.1 Å². The number of fused-ring (bicyclic) bond motifs is 1. The molecule has 8 nitrogen and oxygen atoms in total. The van der Waals surface area contributed by atoms with Gasteiger partial charge in [0.15, 0.2) is 0 Å². The van der Waals surface area contributed by atoms with Gasteiger partial charge in [0, 0.05) is 25.6 Å². The Labute approximate surface area is 202 Å². The molecule has 0 saturated carbocycles. The van der Waals surface area contributed by atoms with E-state index in [1.165, 1.54) is 4.31 Å². The summed E-state index contributed by atoms with van der Waals surface area (Å²) in [5.41, 5.74) is 0.0430. The molecule has 0 N–H and O–H groups in total. The molecule has 1 amide bonds. The minimum Gasteiger partial charge on any atom is -0.497 e. The van der Waals surface area contributed by atoms with Crippen LogP contribution in [0.5, 0.6) is 11.5 Å². The van der Waals surface area contributed by atoms with Crippen LogP contribution in [-0.4, -0.2) is 80.4 Å². The highest BCUT2D eigenvalue weighted by Gasteiger charge is 2.48. The van der Waals surface area contributed by atoms with Crippen LogP contribution in [0.2, 0.25) is 0 Å². The van der Waals surface area contributed by atoms with Gasteiger partial charge in [-0.15, -0.1) is 0 Å². The fourth-order valence-electron chi connectivity index (χ4n) is 4.40. The van der Waals surface area contributed by atoms with E-state index in [2.05, 4.69) is 0 Å². The van der Waals surface area contributed by atoms with Crippen molar-refractivity contribution in [2.75, 3.05) is 40.3 Å². The van der Waals surface area contributed by atoms with E-state index in [1.54, 1.807) is 36.3 Å². The number of carbonyl (C=O) groups excluding carboxylic acids is 1. The number of methoxy groups -OCH3 is 1. The molecule has 0 unspecified atom stereocenters. The molecule has 0 aliphatic carbocycles. The molecule has 1 atom stereocenters. The van der Waals surface area contributed by atoms with E-state index in [9.17, 15) is 13.2 Å². The Bertz CT molecular complexity index is 1140. The van der Waals surface area contributed by atoms with Crippen LogP contribution in [-0.2, 0) is 21.4 Å². The summed E-state index contributed by atoms with van der Waals surface area (Å²) in [6, 6.07) is 14.4. The summed E-state index contributed by atoms with van der Waals surface area (Å²) in [5, 5.41) is 0. The molecule has 1 spiro atoms. The third-order valence-corrected chi connectivity index (χ3v) is 8.54. The lowest BCUT2D eigenvalue weighted by Crippen LogP contribution is -2.50. The lowest BCUT2D eigenvalue weighted by atomic mass is 10.0. The average molecular weight is 488 g/mol. The van der Waals surface area contributed by atoms with Gasteiger partial charge in [0.2, 0.25) is 15.9 Å². The smallest absolute Gasteiger partial charge is 0.247 e. The van der Waals surface area contributed by atoms with E-state index < -0.39 is 15.6 Å². The molecule has 1 fully saturated rings. The Balaban J connectivity index is 1.63. The number of sulfonamides is 1. The monoisotopic (exact) mass is 487 g/mol. The SMILES string of the molecule is COc1ccc(CN2C[C@]3(CCN(C(=O)CN(C)C(C)C)C3)Oc3ccccc3S2(=O)=O)cc1. The van der Waals surface area contributed by atoms with Gasteiger partial charge in [0.25, 0.3) is 0 Å². The highest BCUT2D eigenvalue weighted by molar-refractivity contribution is 7.89. The Morgan fingerprint density at radius 3 is 2.53 bits per heavy atom. The molecule has 2 heterocycles. The van der Waals surface area contributed by atoms with Crippen LogP contribution in [0.4, 0.5) is 0 Å².